The molecule has 156 valence electrons. The van der Waals surface area contributed by atoms with Crippen molar-refractivity contribution in [2.24, 2.45) is 4.99 Å². The molecule has 1 heterocycles. The van der Waals surface area contributed by atoms with Crippen molar-refractivity contribution < 1.29 is 21.1 Å². The van der Waals surface area contributed by atoms with E-state index in [4.69, 9.17) is 9.98 Å². The summed E-state index contributed by atoms with van der Waals surface area (Å²) >= 11 is 0. The van der Waals surface area contributed by atoms with Crippen molar-refractivity contribution in [2.45, 2.75) is 6.92 Å². The van der Waals surface area contributed by atoms with Crippen LogP contribution in [0.3, 0.4) is 0 Å². The molecule has 0 N–H and O–H groups in total. The first-order valence-electron chi connectivity index (χ1n) is 10.3. The fraction of sp³-hybridized carbons (Fsp3) is 0.0345. The summed E-state index contributed by atoms with van der Waals surface area (Å²) in [6, 6.07) is 39.2. The molecule has 2 nitrogen and oxygen atoms in total. The van der Waals surface area contributed by atoms with Gasteiger partial charge in [0.15, 0.2) is 0 Å². The molecule has 0 aliphatic carbocycles. The number of aliphatic imine (C=N–C) groups is 1. The SMILES string of the molecule is Cc1ccc(C=Nc2ccc3ccccc3c2-c2[c-]cccc2)nc1-c1[c-]cccc1.[Pt+2]. The van der Waals surface area contributed by atoms with Crippen molar-refractivity contribution in [3.8, 4) is 22.4 Å². The van der Waals surface area contributed by atoms with Crippen LogP contribution in [0.2, 0.25) is 0 Å². The Morgan fingerprint density at radius 1 is 0.750 bits per heavy atom. The number of aromatic nitrogens is 1. The van der Waals surface area contributed by atoms with Gasteiger partial charge in [0.2, 0.25) is 0 Å². The van der Waals surface area contributed by atoms with Crippen molar-refractivity contribution in [2.75, 3.05) is 0 Å². The van der Waals surface area contributed by atoms with Crippen molar-refractivity contribution in [3.05, 3.63) is 120 Å². The van der Waals surface area contributed by atoms with E-state index in [9.17, 15) is 0 Å². The normalized spacial score (nSPS) is 10.9. The zero-order valence-electron chi connectivity index (χ0n) is 17.5. The number of hydrogen-bond donors (Lipinski definition) is 0. The first-order chi connectivity index (χ1) is 15.3. The van der Waals surface area contributed by atoms with Crippen LogP contribution in [-0.2, 0) is 21.1 Å². The topological polar surface area (TPSA) is 25.2 Å². The van der Waals surface area contributed by atoms with Gasteiger partial charge < -0.3 is 0 Å². The van der Waals surface area contributed by atoms with Crippen LogP contribution in [0.15, 0.2) is 102 Å². The molecule has 4 aromatic carbocycles. The third-order valence-corrected chi connectivity index (χ3v) is 5.30. The van der Waals surface area contributed by atoms with E-state index in [1.54, 1.807) is 0 Å². The average Bonchev–Trinajstić information content (AvgIpc) is 2.84. The molecule has 0 atom stereocenters. The van der Waals surface area contributed by atoms with Gasteiger partial charge in [-0.05, 0) is 30.1 Å². The molecular weight excluding hydrogens is 571 g/mol. The molecule has 0 radical (unpaired) electrons. The minimum absolute atomic E-state index is 0. The Kier molecular flexibility index (Phi) is 6.73. The van der Waals surface area contributed by atoms with Crippen LogP contribution in [0.5, 0.6) is 0 Å². The summed E-state index contributed by atoms with van der Waals surface area (Å²) in [5.74, 6) is 0. The molecule has 3 heteroatoms. The summed E-state index contributed by atoms with van der Waals surface area (Å²) in [6.07, 6.45) is 1.84. The average molecular weight is 592 g/mol. The Balaban J connectivity index is 0.00000245. The van der Waals surface area contributed by atoms with Gasteiger partial charge in [-0.15, -0.1) is 71.8 Å². The molecule has 0 aliphatic rings. The van der Waals surface area contributed by atoms with E-state index in [2.05, 4.69) is 67.6 Å². The van der Waals surface area contributed by atoms with E-state index in [1.807, 2.05) is 54.7 Å². The van der Waals surface area contributed by atoms with Crippen LogP contribution in [0.1, 0.15) is 11.3 Å². The monoisotopic (exact) mass is 591 g/mol. The van der Waals surface area contributed by atoms with Gasteiger partial charge in [0, 0.05) is 5.69 Å². The van der Waals surface area contributed by atoms with Crippen LogP contribution >= 0.6 is 0 Å². The maximum atomic E-state index is 4.85. The fourth-order valence-corrected chi connectivity index (χ4v) is 3.76. The largest absolute Gasteiger partial charge is 2.00 e. The van der Waals surface area contributed by atoms with Crippen molar-refractivity contribution in [1.29, 1.82) is 0 Å². The van der Waals surface area contributed by atoms with E-state index in [0.29, 0.717) is 0 Å². The first-order valence-corrected chi connectivity index (χ1v) is 10.3. The maximum Gasteiger partial charge on any atom is 2.00 e. The summed E-state index contributed by atoms with van der Waals surface area (Å²) in [5.41, 5.74) is 6.86. The van der Waals surface area contributed by atoms with E-state index < -0.39 is 0 Å². The number of benzene rings is 4. The Morgan fingerprint density at radius 2 is 1.47 bits per heavy atom. The van der Waals surface area contributed by atoms with Crippen molar-refractivity contribution >= 4 is 22.7 Å². The number of fused-ring (bicyclic) bond motifs is 1. The molecule has 0 saturated heterocycles. The minimum atomic E-state index is 0. The molecule has 0 fully saturated rings. The Hall–Kier alpha value is -3.35. The quantitative estimate of drug-likeness (QED) is 0.160. The molecule has 1 aromatic heterocycles. The summed E-state index contributed by atoms with van der Waals surface area (Å²) in [7, 11) is 0. The fourth-order valence-electron chi connectivity index (χ4n) is 3.76. The molecule has 0 saturated carbocycles. The standard InChI is InChI=1S/C29H20N2.Pt/c1-21-16-18-25(31-29(21)24-13-6-3-7-14-24)20-30-27-19-17-22-10-8-9-15-26(22)28(27)23-11-4-2-5-12-23;/h2-11,13,15-20H,1H3;/q-2;+2. The van der Waals surface area contributed by atoms with E-state index >= 15 is 0 Å². The first kappa shape index (κ1) is 21.9. The molecule has 0 spiro atoms. The Morgan fingerprint density at radius 3 is 2.22 bits per heavy atom. The van der Waals surface area contributed by atoms with Crippen molar-refractivity contribution in [1.82, 2.24) is 4.98 Å². The van der Waals surface area contributed by atoms with E-state index in [-0.39, 0.29) is 21.1 Å². The van der Waals surface area contributed by atoms with Gasteiger partial charge in [0.1, 0.15) is 0 Å². The van der Waals surface area contributed by atoms with Gasteiger partial charge in [-0.2, -0.15) is 0 Å². The zero-order valence-corrected chi connectivity index (χ0v) is 19.8. The molecule has 5 rings (SSSR count). The van der Waals surface area contributed by atoms with Crippen LogP contribution < -0.4 is 0 Å². The van der Waals surface area contributed by atoms with Crippen LogP contribution in [0.25, 0.3) is 33.2 Å². The molecule has 0 aliphatic heterocycles. The molecule has 5 aromatic rings. The van der Waals surface area contributed by atoms with Gasteiger partial charge in [0.25, 0.3) is 0 Å². The molecule has 0 amide bonds. The molecule has 0 unspecified atom stereocenters. The van der Waals surface area contributed by atoms with Gasteiger partial charge in [-0.1, -0.05) is 52.9 Å². The second-order valence-electron chi connectivity index (χ2n) is 7.39. The number of nitrogens with zero attached hydrogens (tertiary/aromatic N) is 2. The van der Waals surface area contributed by atoms with E-state index in [0.717, 1.165) is 44.7 Å². The zero-order chi connectivity index (χ0) is 21.0. The third-order valence-electron chi connectivity index (χ3n) is 5.30. The number of pyridine rings is 1. The summed E-state index contributed by atoms with van der Waals surface area (Å²) < 4.78 is 0. The molecule has 0 bridgehead atoms. The van der Waals surface area contributed by atoms with Gasteiger partial charge >= 0.3 is 21.1 Å². The smallest absolute Gasteiger partial charge is 0.295 e. The van der Waals surface area contributed by atoms with E-state index in [1.165, 1.54) is 5.39 Å². The third kappa shape index (κ3) is 4.47. The van der Waals surface area contributed by atoms with Crippen LogP contribution in [0.4, 0.5) is 5.69 Å². The Bertz CT molecular complexity index is 1380. The number of rotatable bonds is 4. The Labute approximate surface area is 203 Å². The number of hydrogen-bond acceptors (Lipinski definition) is 2. The molecule has 32 heavy (non-hydrogen) atoms. The maximum absolute atomic E-state index is 4.85. The second kappa shape index (κ2) is 9.85. The summed E-state index contributed by atoms with van der Waals surface area (Å²) in [5, 5.41) is 2.35. The van der Waals surface area contributed by atoms with Gasteiger partial charge in [-0.25, -0.2) is 0 Å². The molecular formula is C29H20N2Pt. The van der Waals surface area contributed by atoms with Gasteiger partial charge in [-0.3, -0.25) is 9.98 Å². The summed E-state index contributed by atoms with van der Waals surface area (Å²) in [6.45, 7) is 2.07. The second-order valence-corrected chi connectivity index (χ2v) is 7.39. The van der Waals surface area contributed by atoms with Crippen molar-refractivity contribution in [3.63, 3.8) is 0 Å². The van der Waals surface area contributed by atoms with Crippen LogP contribution in [-0.4, -0.2) is 11.2 Å². The number of aryl methyl sites for hydroxylation is 1. The predicted molar refractivity (Wildman–Crippen MR) is 129 cm³/mol. The van der Waals surface area contributed by atoms with Crippen LogP contribution in [0, 0.1) is 19.1 Å². The minimum Gasteiger partial charge on any atom is -0.295 e. The van der Waals surface area contributed by atoms with Gasteiger partial charge in [0.05, 0.1) is 11.9 Å². The summed E-state index contributed by atoms with van der Waals surface area (Å²) in [4.78, 5) is 9.68. The predicted octanol–water partition coefficient (Wildman–Crippen LogP) is 7.23.